The fourth-order valence-electron chi connectivity index (χ4n) is 3.31. The lowest BCUT2D eigenvalue weighted by Gasteiger charge is -2.25. The molecule has 4 heteroatoms. The van der Waals surface area contributed by atoms with Crippen molar-refractivity contribution in [1.29, 1.82) is 0 Å². The average molecular weight is 341 g/mol. The van der Waals surface area contributed by atoms with Crippen LogP contribution in [-0.2, 0) is 17.6 Å². The van der Waals surface area contributed by atoms with Gasteiger partial charge in [-0.25, -0.2) is 4.39 Å². The van der Waals surface area contributed by atoms with Crippen LogP contribution in [0.25, 0.3) is 0 Å². The van der Waals surface area contributed by atoms with Gasteiger partial charge in [0.1, 0.15) is 5.82 Å². The highest BCUT2D eigenvalue weighted by Gasteiger charge is 2.38. The van der Waals surface area contributed by atoms with Gasteiger partial charge in [-0.2, -0.15) is 0 Å². The highest BCUT2D eigenvalue weighted by atomic mass is 32.2. The van der Waals surface area contributed by atoms with Crippen molar-refractivity contribution in [3.63, 3.8) is 0 Å². The van der Waals surface area contributed by atoms with Gasteiger partial charge < -0.3 is 4.90 Å². The second-order valence-corrected chi connectivity index (χ2v) is 7.81. The SMILES string of the molecule is O=C(C1Cc2ccccc2S1)N(CCc1cccc(F)c1)C1CC1. The number of rotatable bonds is 5. The first-order valence-electron chi connectivity index (χ1n) is 8.50. The molecule has 2 aromatic carbocycles. The van der Waals surface area contributed by atoms with E-state index in [0.717, 1.165) is 24.8 Å². The van der Waals surface area contributed by atoms with Gasteiger partial charge in [0, 0.05) is 17.5 Å². The van der Waals surface area contributed by atoms with E-state index in [4.69, 9.17) is 0 Å². The van der Waals surface area contributed by atoms with Gasteiger partial charge in [0.25, 0.3) is 0 Å². The van der Waals surface area contributed by atoms with Crippen LogP contribution in [0.5, 0.6) is 0 Å². The molecule has 1 atom stereocenters. The Balaban J connectivity index is 1.43. The number of halogens is 1. The number of hydrogen-bond acceptors (Lipinski definition) is 2. The lowest BCUT2D eigenvalue weighted by Crippen LogP contribution is -2.40. The third-order valence-corrected chi connectivity index (χ3v) is 6.03. The van der Waals surface area contributed by atoms with Crippen LogP contribution in [0.3, 0.4) is 0 Å². The lowest BCUT2D eigenvalue weighted by atomic mass is 10.1. The summed E-state index contributed by atoms with van der Waals surface area (Å²) in [6, 6.07) is 15.3. The van der Waals surface area contributed by atoms with Crippen molar-refractivity contribution in [2.45, 2.75) is 41.9 Å². The van der Waals surface area contributed by atoms with E-state index in [1.165, 1.54) is 16.5 Å². The maximum Gasteiger partial charge on any atom is 0.236 e. The van der Waals surface area contributed by atoms with Crippen LogP contribution in [0.4, 0.5) is 4.39 Å². The first-order chi connectivity index (χ1) is 11.7. The van der Waals surface area contributed by atoms with Crippen molar-refractivity contribution in [1.82, 2.24) is 4.90 Å². The topological polar surface area (TPSA) is 20.3 Å². The van der Waals surface area contributed by atoms with E-state index in [-0.39, 0.29) is 17.0 Å². The van der Waals surface area contributed by atoms with E-state index < -0.39 is 0 Å². The first-order valence-corrected chi connectivity index (χ1v) is 9.38. The predicted molar refractivity (Wildman–Crippen MR) is 94.6 cm³/mol. The molecule has 2 aliphatic rings. The van der Waals surface area contributed by atoms with E-state index in [0.29, 0.717) is 19.0 Å². The van der Waals surface area contributed by atoms with Crippen LogP contribution >= 0.6 is 11.8 Å². The monoisotopic (exact) mass is 341 g/mol. The Bertz CT molecular complexity index is 734. The molecule has 0 saturated heterocycles. The van der Waals surface area contributed by atoms with Crippen molar-refractivity contribution in [3.8, 4) is 0 Å². The zero-order valence-electron chi connectivity index (χ0n) is 13.5. The normalized spacial score (nSPS) is 19.1. The number of carbonyl (C=O) groups is 1. The molecule has 0 N–H and O–H groups in total. The molecule has 1 fully saturated rings. The number of nitrogens with zero attached hydrogens (tertiary/aromatic N) is 1. The molecule has 0 radical (unpaired) electrons. The fourth-order valence-corrected chi connectivity index (χ4v) is 4.57. The van der Waals surface area contributed by atoms with Gasteiger partial charge in [0.15, 0.2) is 0 Å². The summed E-state index contributed by atoms with van der Waals surface area (Å²) in [5, 5.41) is -0.00416. The molecule has 2 aromatic rings. The molecule has 24 heavy (non-hydrogen) atoms. The predicted octanol–water partition coefficient (Wildman–Crippen LogP) is 4.08. The number of benzene rings is 2. The van der Waals surface area contributed by atoms with Gasteiger partial charge in [-0.1, -0.05) is 30.3 Å². The molecule has 0 spiro atoms. The molecule has 1 aliphatic carbocycles. The molecule has 1 saturated carbocycles. The molecule has 1 aliphatic heterocycles. The minimum absolute atomic E-state index is 0.00416. The number of carbonyl (C=O) groups excluding carboxylic acids is 1. The molecule has 0 aromatic heterocycles. The number of thioether (sulfide) groups is 1. The van der Waals surface area contributed by atoms with Crippen LogP contribution in [0, 0.1) is 5.82 Å². The Kier molecular flexibility index (Phi) is 4.31. The summed E-state index contributed by atoms with van der Waals surface area (Å²) in [5.41, 5.74) is 2.23. The summed E-state index contributed by atoms with van der Waals surface area (Å²) in [6.07, 6.45) is 3.73. The second kappa shape index (κ2) is 6.60. The van der Waals surface area contributed by atoms with Crippen LogP contribution in [0.15, 0.2) is 53.4 Å². The molecular weight excluding hydrogens is 321 g/mol. The van der Waals surface area contributed by atoms with Crippen molar-refractivity contribution < 1.29 is 9.18 Å². The van der Waals surface area contributed by atoms with E-state index in [2.05, 4.69) is 12.1 Å². The zero-order chi connectivity index (χ0) is 16.5. The molecule has 4 rings (SSSR count). The largest absolute Gasteiger partial charge is 0.338 e. The molecule has 2 nitrogen and oxygen atoms in total. The lowest BCUT2D eigenvalue weighted by molar-refractivity contribution is -0.131. The Morgan fingerprint density at radius 1 is 1.17 bits per heavy atom. The highest BCUT2D eigenvalue weighted by molar-refractivity contribution is 8.01. The van der Waals surface area contributed by atoms with Gasteiger partial charge in [-0.15, -0.1) is 11.8 Å². The molecule has 1 heterocycles. The summed E-state index contributed by atoms with van der Waals surface area (Å²) in [5.74, 6) is 0.0358. The molecule has 1 unspecified atom stereocenters. The third-order valence-electron chi connectivity index (χ3n) is 4.72. The molecular formula is C20H20FNOS. The minimum atomic E-state index is -0.210. The first kappa shape index (κ1) is 15.7. The van der Waals surface area contributed by atoms with E-state index in [9.17, 15) is 9.18 Å². The average Bonchev–Trinajstić information content (AvgIpc) is 3.32. The number of amides is 1. The van der Waals surface area contributed by atoms with Crippen LogP contribution in [0.2, 0.25) is 0 Å². The van der Waals surface area contributed by atoms with Gasteiger partial charge >= 0.3 is 0 Å². The van der Waals surface area contributed by atoms with Crippen LogP contribution in [-0.4, -0.2) is 28.6 Å². The Morgan fingerprint density at radius 2 is 2.00 bits per heavy atom. The fraction of sp³-hybridized carbons (Fsp3) is 0.350. The second-order valence-electron chi connectivity index (χ2n) is 6.56. The summed E-state index contributed by atoms with van der Waals surface area (Å²) in [7, 11) is 0. The summed E-state index contributed by atoms with van der Waals surface area (Å²) < 4.78 is 13.3. The summed E-state index contributed by atoms with van der Waals surface area (Å²) >= 11 is 1.69. The van der Waals surface area contributed by atoms with Crippen molar-refractivity contribution in [2.75, 3.05) is 6.54 Å². The molecule has 124 valence electrons. The molecule has 0 bridgehead atoms. The Morgan fingerprint density at radius 3 is 2.75 bits per heavy atom. The maximum absolute atomic E-state index is 13.3. The Labute approximate surface area is 146 Å². The van der Waals surface area contributed by atoms with E-state index >= 15 is 0 Å². The van der Waals surface area contributed by atoms with Crippen LogP contribution in [0.1, 0.15) is 24.0 Å². The zero-order valence-corrected chi connectivity index (χ0v) is 14.3. The minimum Gasteiger partial charge on any atom is -0.338 e. The maximum atomic E-state index is 13.3. The third kappa shape index (κ3) is 3.34. The Hall–Kier alpha value is -1.81. The summed E-state index contributed by atoms with van der Waals surface area (Å²) in [6.45, 7) is 0.681. The number of fused-ring (bicyclic) bond motifs is 1. The van der Waals surface area contributed by atoms with E-state index in [1.807, 2.05) is 23.1 Å². The smallest absolute Gasteiger partial charge is 0.236 e. The molecule has 1 amide bonds. The van der Waals surface area contributed by atoms with Gasteiger partial charge in [-0.05, 0) is 55.0 Å². The standard InChI is InChI=1S/C20H20FNOS/c21-16-6-3-4-14(12-16)10-11-22(17-8-9-17)20(23)19-13-15-5-1-2-7-18(15)24-19/h1-7,12,17,19H,8-11,13H2. The quantitative estimate of drug-likeness (QED) is 0.817. The van der Waals surface area contributed by atoms with Gasteiger partial charge in [-0.3, -0.25) is 4.79 Å². The van der Waals surface area contributed by atoms with Crippen molar-refractivity contribution in [2.24, 2.45) is 0 Å². The van der Waals surface area contributed by atoms with Crippen molar-refractivity contribution >= 4 is 17.7 Å². The van der Waals surface area contributed by atoms with E-state index in [1.54, 1.807) is 23.9 Å². The van der Waals surface area contributed by atoms with Gasteiger partial charge in [0.2, 0.25) is 5.91 Å². The van der Waals surface area contributed by atoms with Crippen molar-refractivity contribution in [3.05, 3.63) is 65.5 Å². The van der Waals surface area contributed by atoms with Gasteiger partial charge in [0.05, 0.1) is 5.25 Å². The number of hydrogen-bond donors (Lipinski definition) is 0. The summed E-state index contributed by atoms with van der Waals surface area (Å²) in [4.78, 5) is 16.3. The highest BCUT2D eigenvalue weighted by Crippen LogP contribution is 2.39. The van der Waals surface area contributed by atoms with Crippen LogP contribution < -0.4 is 0 Å².